The number of hydrogen-bond acceptors (Lipinski definition) is 5. The second-order valence-electron chi connectivity index (χ2n) is 6.47. The highest BCUT2D eigenvalue weighted by atomic mass is 16.5. The van der Waals surface area contributed by atoms with E-state index in [9.17, 15) is 4.79 Å². The molecule has 1 aromatic carbocycles. The number of carbonyl (C=O) groups is 1. The Balaban J connectivity index is 1.39. The normalized spacial score (nSPS) is 20.2. The molecule has 0 saturated carbocycles. The molecule has 130 valence electrons. The maximum absolute atomic E-state index is 12.4. The summed E-state index contributed by atoms with van der Waals surface area (Å²) in [6, 6.07) is 9.74. The molecule has 2 atom stereocenters. The minimum absolute atomic E-state index is 0.0280. The Kier molecular flexibility index (Phi) is 4.23. The SMILES string of the molecule is Cc1cc(C[C@@H]2COC[C@@H]2NC(=O)Cn2ncc3ccccc32)on1. The van der Waals surface area contributed by atoms with Gasteiger partial charge in [0.15, 0.2) is 0 Å². The second-order valence-corrected chi connectivity index (χ2v) is 6.47. The van der Waals surface area contributed by atoms with Crippen LogP contribution in [0.3, 0.4) is 0 Å². The molecule has 3 heterocycles. The van der Waals surface area contributed by atoms with E-state index in [-0.39, 0.29) is 24.4 Å². The van der Waals surface area contributed by atoms with Gasteiger partial charge in [0.1, 0.15) is 12.3 Å². The van der Waals surface area contributed by atoms with E-state index in [1.165, 1.54) is 0 Å². The van der Waals surface area contributed by atoms with Gasteiger partial charge in [-0.15, -0.1) is 0 Å². The molecule has 0 unspecified atom stereocenters. The number of ether oxygens (including phenoxy) is 1. The summed E-state index contributed by atoms with van der Waals surface area (Å²) in [6.45, 7) is 3.21. The number of carbonyl (C=O) groups excluding carboxylic acids is 1. The van der Waals surface area contributed by atoms with Crippen molar-refractivity contribution in [2.75, 3.05) is 13.2 Å². The van der Waals surface area contributed by atoms with Crippen LogP contribution < -0.4 is 5.32 Å². The van der Waals surface area contributed by atoms with Gasteiger partial charge < -0.3 is 14.6 Å². The number of para-hydroxylation sites is 1. The Morgan fingerprint density at radius 2 is 2.24 bits per heavy atom. The number of fused-ring (bicyclic) bond motifs is 1. The second kappa shape index (κ2) is 6.68. The highest BCUT2D eigenvalue weighted by Crippen LogP contribution is 2.20. The van der Waals surface area contributed by atoms with Crippen LogP contribution in [0.25, 0.3) is 10.9 Å². The van der Waals surface area contributed by atoms with Crippen molar-refractivity contribution in [3.05, 3.63) is 48.0 Å². The fourth-order valence-electron chi connectivity index (χ4n) is 3.27. The number of aromatic nitrogens is 3. The molecular weight excluding hydrogens is 320 g/mol. The first-order valence-corrected chi connectivity index (χ1v) is 8.39. The Hall–Kier alpha value is -2.67. The fraction of sp³-hybridized carbons (Fsp3) is 0.389. The van der Waals surface area contributed by atoms with Crippen LogP contribution in [0.1, 0.15) is 11.5 Å². The Labute approximate surface area is 144 Å². The average Bonchev–Trinajstić information content (AvgIpc) is 3.31. The topological polar surface area (TPSA) is 82.2 Å². The maximum atomic E-state index is 12.4. The lowest BCUT2D eigenvalue weighted by atomic mass is 9.98. The van der Waals surface area contributed by atoms with Crippen molar-refractivity contribution in [2.24, 2.45) is 5.92 Å². The van der Waals surface area contributed by atoms with E-state index in [2.05, 4.69) is 15.6 Å². The molecule has 7 nitrogen and oxygen atoms in total. The largest absolute Gasteiger partial charge is 0.379 e. The van der Waals surface area contributed by atoms with E-state index in [1.807, 2.05) is 37.3 Å². The number of nitrogens with one attached hydrogen (secondary N) is 1. The van der Waals surface area contributed by atoms with Gasteiger partial charge in [-0.1, -0.05) is 23.4 Å². The summed E-state index contributed by atoms with van der Waals surface area (Å²) in [6.07, 6.45) is 2.48. The lowest BCUT2D eigenvalue weighted by Gasteiger charge is -2.18. The van der Waals surface area contributed by atoms with Crippen LogP contribution in [-0.2, 0) is 22.5 Å². The third-order valence-electron chi connectivity index (χ3n) is 4.53. The smallest absolute Gasteiger partial charge is 0.242 e. The molecule has 1 aliphatic heterocycles. The molecule has 0 aliphatic carbocycles. The van der Waals surface area contributed by atoms with Crippen molar-refractivity contribution in [1.82, 2.24) is 20.3 Å². The Bertz CT molecular complexity index is 885. The lowest BCUT2D eigenvalue weighted by molar-refractivity contribution is -0.122. The molecule has 7 heteroatoms. The third-order valence-corrected chi connectivity index (χ3v) is 4.53. The molecule has 0 spiro atoms. The van der Waals surface area contributed by atoms with E-state index in [0.717, 1.165) is 22.4 Å². The van der Waals surface area contributed by atoms with Crippen LogP contribution in [0.4, 0.5) is 0 Å². The Morgan fingerprint density at radius 1 is 1.36 bits per heavy atom. The predicted molar refractivity (Wildman–Crippen MR) is 90.9 cm³/mol. The van der Waals surface area contributed by atoms with E-state index in [4.69, 9.17) is 9.26 Å². The van der Waals surface area contributed by atoms with Gasteiger partial charge >= 0.3 is 0 Å². The van der Waals surface area contributed by atoms with Crippen LogP contribution in [0.5, 0.6) is 0 Å². The van der Waals surface area contributed by atoms with E-state index in [1.54, 1.807) is 10.9 Å². The molecule has 0 bridgehead atoms. The quantitative estimate of drug-likeness (QED) is 0.764. The van der Waals surface area contributed by atoms with Crippen LogP contribution in [0.15, 0.2) is 41.1 Å². The van der Waals surface area contributed by atoms with Gasteiger partial charge in [-0.25, -0.2) is 0 Å². The third kappa shape index (κ3) is 3.41. The minimum atomic E-state index is -0.0666. The van der Waals surface area contributed by atoms with Crippen molar-refractivity contribution in [3.63, 3.8) is 0 Å². The van der Waals surface area contributed by atoms with Crippen molar-refractivity contribution in [3.8, 4) is 0 Å². The number of nitrogens with zero attached hydrogens (tertiary/aromatic N) is 3. The predicted octanol–water partition coefficient (Wildman–Crippen LogP) is 1.71. The first-order valence-electron chi connectivity index (χ1n) is 8.39. The van der Waals surface area contributed by atoms with Crippen LogP contribution in [0, 0.1) is 12.8 Å². The lowest BCUT2D eigenvalue weighted by Crippen LogP contribution is -2.42. The zero-order valence-corrected chi connectivity index (χ0v) is 14.0. The molecular formula is C18H20N4O3. The van der Waals surface area contributed by atoms with Crippen LogP contribution in [0.2, 0.25) is 0 Å². The molecule has 25 heavy (non-hydrogen) atoms. The number of benzene rings is 1. The number of aryl methyl sites for hydroxylation is 1. The highest BCUT2D eigenvalue weighted by Gasteiger charge is 2.30. The van der Waals surface area contributed by atoms with Gasteiger partial charge in [-0.2, -0.15) is 5.10 Å². The van der Waals surface area contributed by atoms with E-state index in [0.29, 0.717) is 19.6 Å². The van der Waals surface area contributed by atoms with Crippen LogP contribution >= 0.6 is 0 Å². The Morgan fingerprint density at radius 3 is 3.08 bits per heavy atom. The monoisotopic (exact) mass is 340 g/mol. The summed E-state index contributed by atoms with van der Waals surface area (Å²) in [5.41, 5.74) is 1.81. The van der Waals surface area contributed by atoms with E-state index < -0.39 is 0 Å². The zero-order chi connectivity index (χ0) is 17.2. The van der Waals surface area contributed by atoms with Crippen molar-refractivity contribution < 1.29 is 14.1 Å². The molecule has 1 saturated heterocycles. The molecule has 2 aromatic heterocycles. The molecule has 3 aromatic rings. The molecule has 1 fully saturated rings. The van der Waals surface area contributed by atoms with Gasteiger partial charge in [-0.3, -0.25) is 9.48 Å². The van der Waals surface area contributed by atoms with E-state index >= 15 is 0 Å². The first kappa shape index (κ1) is 15.8. The molecule has 4 rings (SSSR count). The molecule has 1 amide bonds. The number of hydrogen-bond donors (Lipinski definition) is 1. The van der Waals surface area contributed by atoms with Crippen molar-refractivity contribution >= 4 is 16.8 Å². The van der Waals surface area contributed by atoms with Crippen molar-refractivity contribution in [1.29, 1.82) is 0 Å². The van der Waals surface area contributed by atoms with Gasteiger partial charge in [0.25, 0.3) is 0 Å². The van der Waals surface area contributed by atoms with Gasteiger partial charge in [-0.05, 0) is 13.0 Å². The summed E-state index contributed by atoms with van der Waals surface area (Å²) < 4.78 is 12.6. The van der Waals surface area contributed by atoms with Gasteiger partial charge in [0, 0.05) is 23.8 Å². The number of amides is 1. The van der Waals surface area contributed by atoms with Gasteiger partial charge in [0.05, 0.1) is 36.7 Å². The fourth-order valence-corrected chi connectivity index (χ4v) is 3.27. The van der Waals surface area contributed by atoms with Gasteiger partial charge in [0.2, 0.25) is 5.91 Å². The summed E-state index contributed by atoms with van der Waals surface area (Å²) in [7, 11) is 0. The molecule has 1 N–H and O–H groups in total. The highest BCUT2D eigenvalue weighted by molar-refractivity contribution is 5.82. The summed E-state index contributed by atoms with van der Waals surface area (Å²) >= 11 is 0. The molecule has 1 aliphatic rings. The summed E-state index contributed by atoms with van der Waals surface area (Å²) in [4.78, 5) is 12.4. The number of rotatable bonds is 5. The first-order chi connectivity index (χ1) is 12.2. The minimum Gasteiger partial charge on any atom is -0.379 e. The molecule has 0 radical (unpaired) electrons. The van der Waals surface area contributed by atoms with Crippen molar-refractivity contribution in [2.45, 2.75) is 25.9 Å². The maximum Gasteiger partial charge on any atom is 0.242 e. The summed E-state index contributed by atoms with van der Waals surface area (Å²) in [5, 5.41) is 12.3. The average molecular weight is 340 g/mol. The standard InChI is InChI=1S/C18H20N4O3/c1-12-6-15(25-21-12)7-14-10-24-11-16(14)20-18(23)9-22-17-5-3-2-4-13(17)8-19-22/h2-6,8,14,16H,7,9-11H2,1H3,(H,20,23)/t14-,16+/m1/s1. The summed E-state index contributed by atoms with van der Waals surface area (Å²) in [5.74, 6) is 0.944. The zero-order valence-electron chi connectivity index (χ0n) is 14.0. The van der Waals surface area contributed by atoms with Crippen LogP contribution in [-0.4, -0.2) is 40.1 Å².